The number of hydrazone groups is 1. The molecule has 8 nitrogen and oxygen atoms in total. The number of carbonyl (C=O) groups is 1. The molecule has 0 aromatic heterocycles. The standard InChI is InChI=1S/C15H14BrN3O5S/c1-23-11-3-5-12(6-4-11)25(21,22)24-14-7-2-10(8-13(14)16)9-18-19-15(17)20/h2-9H,1H3,(H3,17,19,20)/b18-9-. The molecule has 0 saturated carbocycles. The van der Waals surface area contributed by atoms with Gasteiger partial charge in [0.25, 0.3) is 0 Å². The normalized spacial score (nSPS) is 11.3. The second-order valence-electron chi connectivity index (χ2n) is 4.64. The summed E-state index contributed by atoms with van der Waals surface area (Å²) in [5, 5.41) is 3.61. The minimum Gasteiger partial charge on any atom is -0.497 e. The van der Waals surface area contributed by atoms with E-state index in [1.807, 2.05) is 0 Å². The average Bonchev–Trinajstić information content (AvgIpc) is 2.57. The summed E-state index contributed by atoms with van der Waals surface area (Å²) in [6.07, 6.45) is 1.34. The number of amides is 2. The van der Waals surface area contributed by atoms with Gasteiger partial charge in [-0.05, 0) is 64.0 Å². The number of urea groups is 1. The van der Waals surface area contributed by atoms with Crippen LogP contribution in [0, 0.1) is 0 Å². The summed E-state index contributed by atoms with van der Waals surface area (Å²) in [5.41, 5.74) is 7.53. The Labute approximate surface area is 152 Å². The fraction of sp³-hybridized carbons (Fsp3) is 0.0667. The van der Waals surface area contributed by atoms with Gasteiger partial charge >= 0.3 is 16.1 Å². The highest BCUT2D eigenvalue weighted by molar-refractivity contribution is 9.10. The largest absolute Gasteiger partial charge is 0.497 e. The van der Waals surface area contributed by atoms with Crippen molar-refractivity contribution in [3.63, 3.8) is 0 Å². The Morgan fingerprint density at radius 1 is 1.24 bits per heavy atom. The molecule has 0 aliphatic rings. The van der Waals surface area contributed by atoms with Crippen LogP contribution in [0.15, 0.2) is 56.9 Å². The lowest BCUT2D eigenvalue weighted by molar-refractivity contribution is 0.249. The molecule has 0 unspecified atom stereocenters. The van der Waals surface area contributed by atoms with Crippen molar-refractivity contribution in [3.05, 3.63) is 52.5 Å². The summed E-state index contributed by atoms with van der Waals surface area (Å²) < 4.78 is 35.2. The van der Waals surface area contributed by atoms with Crippen LogP contribution in [0.3, 0.4) is 0 Å². The Morgan fingerprint density at radius 3 is 2.48 bits per heavy atom. The molecule has 2 aromatic rings. The van der Waals surface area contributed by atoms with Gasteiger partial charge in [-0.3, -0.25) is 0 Å². The van der Waals surface area contributed by atoms with Crippen LogP contribution in [0.4, 0.5) is 4.79 Å². The highest BCUT2D eigenvalue weighted by atomic mass is 79.9. The van der Waals surface area contributed by atoms with Gasteiger partial charge < -0.3 is 14.7 Å². The van der Waals surface area contributed by atoms with Gasteiger partial charge in [0.15, 0.2) is 5.75 Å². The van der Waals surface area contributed by atoms with Crippen molar-refractivity contribution in [3.8, 4) is 11.5 Å². The number of nitrogens with two attached hydrogens (primary N) is 1. The zero-order valence-electron chi connectivity index (χ0n) is 13.0. The minimum atomic E-state index is -3.99. The van der Waals surface area contributed by atoms with E-state index in [2.05, 4.69) is 26.5 Å². The first-order valence-corrected chi connectivity index (χ1v) is 8.98. The Kier molecular flexibility index (Phi) is 5.99. The van der Waals surface area contributed by atoms with E-state index in [1.165, 1.54) is 43.7 Å². The molecule has 132 valence electrons. The zero-order chi connectivity index (χ0) is 18.4. The number of ether oxygens (including phenoxy) is 1. The lowest BCUT2D eigenvalue weighted by atomic mass is 10.2. The van der Waals surface area contributed by atoms with Crippen molar-refractivity contribution in [1.82, 2.24) is 5.43 Å². The molecule has 0 heterocycles. The Hall–Kier alpha value is -2.59. The van der Waals surface area contributed by atoms with E-state index in [4.69, 9.17) is 14.7 Å². The van der Waals surface area contributed by atoms with Gasteiger partial charge in [0.05, 0.1) is 17.8 Å². The van der Waals surface area contributed by atoms with Crippen molar-refractivity contribution >= 4 is 38.3 Å². The molecule has 0 saturated heterocycles. The van der Waals surface area contributed by atoms with Crippen LogP contribution in [0.2, 0.25) is 0 Å². The van der Waals surface area contributed by atoms with Crippen LogP contribution in [0.1, 0.15) is 5.56 Å². The number of carbonyl (C=O) groups excluding carboxylic acids is 1. The van der Waals surface area contributed by atoms with E-state index in [0.29, 0.717) is 15.8 Å². The van der Waals surface area contributed by atoms with Gasteiger partial charge in [0.2, 0.25) is 0 Å². The van der Waals surface area contributed by atoms with Gasteiger partial charge in [-0.25, -0.2) is 10.2 Å². The third-order valence-corrected chi connectivity index (χ3v) is 4.76. The molecule has 2 rings (SSSR count). The number of nitrogens with one attached hydrogen (secondary N) is 1. The molecule has 0 bridgehead atoms. The van der Waals surface area contributed by atoms with Crippen LogP contribution in [-0.4, -0.2) is 27.8 Å². The first-order chi connectivity index (χ1) is 11.8. The topological polar surface area (TPSA) is 120 Å². The third-order valence-electron chi connectivity index (χ3n) is 2.89. The summed E-state index contributed by atoms with van der Waals surface area (Å²) in [7, 11) is -2.51. The fourth-order valence-corrected chi connectivity index (χ4v) is 3.28. The molecule has 0 radical (unpaired) electrons. The molecular weight excluding hydrogens is 414 g/mol. The summed E-state index contributed by atoms with van der Waals surface area (Å²) in [4.78, 5) is 10.5. The second kappa shape index (κ2) is 7.99. The predicted octanol–water partition coefficient (Wildman–Crippen LogP) is 2.23. The first-order valence-electron chi connectivity index (χ1n) is 6.78. The number of halogens is 1. The van der Waals surface area contributed by atoms with E-state index in [0.717, 1.165) is 0 Å². The molecule has 0 aliphatic heterocycles. The van der Waals surface area contributed by atoms with E-state index < -0.39 is 16.1 Å². The number of methoxy groups -OCH3 is 1. The minimum absolute atomic E-state index is 0.00324. The van der Waals surface area contributed by atoms with Crippen LogP contribution in [0.25, 0.3) is 0 Å². The van der Waals surface area contributed by atoms with Crippen LogP contribution in [-0.2, 0) is 10.1 Å². The zero-order valence-corrected chi connectivity index (χ0v) is 15.4. The van der Waals surface area contributed by atoms with Gasteiger partial charge in [-0.15, -0.1) is 0 Å². The van der Waals surface area contributed by atoms with Crippen LogP contribution >= 0.6 is 15.9 Å². The van der Waals surface area contributed by atoms with Gasteiger partial charge in [-0.1, -0.05) is 0 Å². The van der Waals surface area contributed by atoms with Gasteiger partial charge in [0, 0.05) is 0 Å². The van der Waals surface area contributed by atoms with Crippen molar-refractivity contribution in [2.75, 3.05) is 7.11 Å². The molecule has 2 amide bonds. The molecule has 25 heavy (non-hydrogen) atoms. The van der Waals surface area contributed by atoms with Crippen LogP contribution in [0.5, 0.6) is 11.5 Å². The molecule has 0 aliphatic carbocycles. The lowest BCUT2D eigenvalue weighted by Crippen LogP contribution is -2.24. The Balaban J connectivity index is 2.18. The monoisotopic (exact) mass is 427 g/mol. The lowest BCUT2D eigenvalue weighted by Gasteiger charge is -2.09. The maximum atomic E-state index is 12.3. The maximum Gasteiger partial charge on any atom is 0.339 e. The highest BCUT2D eigenvalue weighted by Crippen LogP contribution is 2.29. The average molecular weight is 428 g/mol. The number of rotatable bonds is 6. The number of hydrogen-bond acceptors (Lipinski definition) is 6. The van der Waals surface area contributed by atoms with Crippen molar-refractivity contribution < 1.29 is 22.1 Å². The SMILES string of the molecule is COc1ccc(S(=O)(=O)Oc2ccc(/C=N\NC(N)=O)cc2Br)cc1. The predicted molar refractivity (Wildman–Crippen MR) is 95.3 cm³/mol. The van der Waals surface area contributed by atoms with Crippen molar-refractivity contribution in [1.29, 1.82) is 0 Å². The van der Waals surface area contributed by atoms with Crippen LogP contribution < -0.4 is 20.1 Å². The maximum absolute atomic E-state index is 12.3. The van der Waals surface area contributed by atoms with E-state index in [1.54, 1.807) is 12.1 Å². The molecule has 10 heteroatoms. The molecular formula is C15H14BrN3O5S. The number of primary amides is 1. The van der Waals surface area contributed by atoms with Gasteiger partial charge in [-0.2, -0.15) is 13.5 Å². The summed E-state index contributed by atoms with van der Waals surface area (Å²) in [5.74, 6) is 0.643. The Bertz CT molecular complexity index is 898. The second-order valence-corrected chi connectivity index (χ2v) is 7.04. The third kappa shape index (κ3) is 5.19. The highest BCUT2D eigenvalue weighted by Gasteiger charge is 2.18. The molecule has 0 atom stereocenters. The summed E-state index contributed by atoms with van der Waals surface area (Å²) in [6, 6.07) is 9.63. The van der Waals surface area contributed by atoms with E-state index in [-0.39, 0.29) is 10.6 Å². The molecule has 0 fully saturated rings. The number of benzene rings is 2. The molecule has 0 spiro atoms. The fourth-order valence-electron chi connectivity index (χ4n) is 1.74. The first kappa shape index (κ1) is 18.7. The molecule has 2 aromatic carbocycles. The smallest absolute Gasteiger partial charge is 0.339 e. The molecule has 3 N–H and O–H groups in total. The summed E-state index contributed by atoms with van der Waals surface area (Å²) >= 11 is 3.23. The number of hydrogen-bond donors (Lipinski definition) is 2. The van der Waals surface area contributed by atoms with Gasteiger partial charge in [0.1, 0.15) is 10.6 Å². The Morgan fingerprint density at radius 2 is 1.92 bits per heavy atom. The quantitative estimate of drug-likeness (QED) is 0.415. The van der Waals surface area contributed by atoms with E-state index >= 15 is 0 Å². The van der Waals surface area contributed by atoms with Crippen molar-refractivity contribution in [2.24, 2.45) is 10.8 Å². The summed E-state index contributed by atoms with van der Waals surface area (Å²) in [6.45, 7) is 0. The number of nitrogens with zero attached hydrogens (tertiary/aromatic N) is 1. The van der Waals surface area contributed by atoms with E-state index in [9.17, 15) is 13.2 Å². The van der Waals surface area contributed by atoms with Crippen molar-refractivity contribution in [2.45, 2.75) is 4.90 Å².